The second-order valence-electron chi connectivity index (χ2n) is 5.81. The van der Waals surface area contributed by atoms with E-state index in [-0.39, 0.29) is 11.9 Å². The molecule has 1 aliphatic carbocycles. The number of hydrogen-bond donors (Lipinski definition) is 2. The number of nitrogens with zero attached hydrogens (tertiary/aromatic N) is 1. The van der Waals surface area contributed by atoms with Crippen molar-refractivity contribution in [3.8, 4) is 0 Å². The molecular weight excluding hydrogens is 250 g/mol. The van der Waals surface area contributed by atoms with Crippen LogP contribution in [0.25, 0.3) is 0 Å². The SMILES string of the molecule is CCNc1ccc(C(=O)NC2CCCC(C)C2C)nc1. The number of carbonyl (C=O) groups excluding carboxylic acids is 1. The summed E-state index contributed by atoms with van der Waals surface area (Å²) in [4.78, 5) is 16.5. The van der Waals surface area contributed by atoms with Gasteiger partial charge in [0.2, 0.25) is 0 Å². The molecule has 3 atom stereocenters. The average molecular weight is 275 g/mol. The molecule has 0 radical (unpaired) electrons. The second kappa shape index (κ2) is 6.73. The van der Waals surface area contributed by atoms with Crippen LogP contribution in [0.4, 0.5) is 5.69 Å². The van der Waals surface area contributed by atoms with Gasteiger partial charge < -0.3 is 10.6 Å². The molecule has 110 valence electrons. The molecule has 2 rings (SSSR count). The Morgan fingerprint density at radius 1 is 1.35 bits per heavy atom. The maximum absolute atomic E-state index is 12.2. The Bertz CT molecular complexity index is 444. The first-order valence-electron chi connectivity index (χ1n) is 7.62. The fourth-order valence-electron chi connectivity index (χ4n) is 2.86. The molecule has 0 aliphatic heterocycles. The quantitative estimate of drug-likeness (QED) is 0.888. The number of pyridine rings is 1. The van der Waals surface area contributed by atoms with Crippen LogP contribution < -0.4 is 10.6 Å². The summed E-state index contributed by atoms with van der Waals surface area (Å²) >= 11 is 0. The molecule has 1 saturated carbocycles. The van der Waals surface area contributed by atoms with Crippen molar-refractivity contribution in [3.05, 3.63) is 24.0 Å². The van der Waals surface area contributed by atoms with Gasteiger partial charge in [-0.05, 0) is 37.3 Å². The molecule has 1 amide bonds. The van der Waals surface area contributed by atoms with E-state index >= 15 is 0 Å². The minimum absolute atomic E-state index is 0.0565. The van der Waals surface area contributed by atoms with Crippen LogP contribution in [-0.4, -0.2) is 23.5 Å². The standard InChI is InChI=1S/C16H25N3O/c1-4-17-13-8-9-15(18-10-13)16(20)19-14-7-5-6-11(2)12(14)3/h8-12,14,17H,4-7H2,1-3H3,(H,19,20). The summed E-state index contributed by atoms with van der Waals surface area (Å²) in [6.45, 7) is 7.39. The van der Waals surface area contributed by atoms with Crippen molar-refractivity contribution in [3.63, 3.8) is 0 Å². The van der Waals surface area contributed by atoms with E-state index in [9.17, 15) is 4.79 Å². The molecule has 0 aromatic carbocycles. The van der Waals surface area contributed by atoms with Crippen molar-refractivity contribution in [2.75, 3.05) is 11.9 Å². The monoisotopic (exact) mass is 275 g/mol. The number of aromatic nitrogens is 1. The number of anilines is 1. The topological polar surface area (TPSA) is 54.0 Å². The number of rotatable bonds is 4. The van der Waals surface area contributed by atoms with E-state index in [2.05, 4.69) is 29.5 Å². The number of hydrogen-bond acceptors (Lipinski definition) is 3. The Morgan fingerprint density at radius 3 is 2.80 bits per heavy atom. The van der Waals surface area contributed by atoms with E-state index < -0.39 is 0 Å². The summed E-state index contributed by atoms with van der Waals surface area (Å²) < 4.78 is 0. The Balaban J connectivity index is 1.97. The second-order valence-corrected chi connectivity index (χ2v) is 5.81. The van der Waals surface area contributed by atoms with Crippen LogP contribution in [0.15, 0.2) is 18.3 Å². The molecule has 0 spiro atoms. The molecule has 2 N–H and O–H groups in total. The summed E-state index contributed by atoms with van der Waals surface area (Å²) in [5.41, 5.74) is 1.45. The summed E-state index contributed by atoms with van der Waals surface area (Å²) in [5.74, 6) is 1.16. The van der Waals surface area contributed by atoms with Crippen LogP contribution in [0.1, 0.15) is 50.5 Å². The minimum Gasteiger partial charge on any atom is -0.384 e. The summed E-state index contributed by atoms with van der Waals surface area (Å²) in [6, 6.07) is 3.96. The normalized spacial score (nSPS) is 26.1. The van der Waals surface area contributed by atoms with Crippen LogP contribution in [-0.2, 0) is 0 Å². The van der Waals surface area contributed by atoms with E-state index in [1.54, 1.807) is 12.3 Å². The van der Waals surface area contributed by atoms with Crippen LogP contribution in [0, 0.1) is 11.8 Å². The number of amides is 1. The Hall–Kier alpha value is -1.58. The highest BCUT2D eigenvalue weighted by Crippen LogP contribution is 2.29. The smallest absolute Gasteiger partial charge is 0.270 e. The summed E-state index contributed by atoms with van der Waals surface area (Å²) in [7, 11) is 0. The largest absolute Gasteiger partial charge is 0.384 e. The van der Waals surface area contributed by atoms with Gasteiger partial charge in [-0.1, -0.05) is 26.7 Å². The predicted molar refractivity (Wildman–Crippen MR) is 81.8 cm³/mol. The molecule has 1 heterocycles. The molecule has 3 unspecified atom stereocenters. The Kier molecular flexibility index (Phi) is 4.99. The summed E-state index contributed by atoms with van der Waals surface area (Å²) in [6.07, 6.45) is 5.25. The lowest BCUT2D eigenvalue weighted by Gasteiger charge is -2.34. The molecule has 1 aromatic heterocycles. The highest BCUT2D eigenvalue weighted by Gasteiger charge is 2.28. The number of carbonyl (C=O) groups is 1. The number of nitrogens with one attached hydrogen (secondary N) is 2. The minimum atomic E-state index is -0.0565. The fraction of sp³-hybridized carbons (Fsp3) is 0.625. The van der Waals surface area contributed by atoms with E-state index in [0.717, 1.165) is 18.7 Å². The Morgan fingerprint density at radius 2 is 2.15 bits per heavy atom. The van der Waals surface area contributed by atoms with Crippen LogP contribution in [0.5, 0.6) is 0 Å². The molecule has 4 heteroatoms. The third-order valence-corrected chi connectivity index (χ3v) is 4.40. The van der Waals surface area contributed by atoms with Gasteiger partial charge in [-0.25, -0.2) is 4.98 Å². The molecule has 0 bridgehead atoms. The lowest BCUT2D eigenvalue weighted by Crippen LogP contribution is -2.43. The lowest BCUT2D eigenvalue weighted by atomic mass is 9.78. The predicted octanol–water partition coefficient (Wildman–Crippen LogP) is 3.07. The maximum Gasteiger partial charge on any atom is 0.270 e. The molecular formula is C16H25N3O. The van der Waals surface area contributed by atoms with Gasteiger partial charge in [0.15, 0.2) is 0 Å². The van der Waals surface area contributed by atoms with Crippen molar-refractivity contribution in [2.24, 2.45) is 11.8 Å². The van der Waals surface area contributed by atoms with Crippen molar-refractivity contribution < 1.29 is 4.79 Å². The van der Waals surface area contributed by atoms with Crippen molar-refractivity contribution in [2.45, 2.75) is 46.1 Å². The van der Waals surface area contributed by atoms with E-state index in [1.807, 2.05) is 13.0 Å². The zero-order valence-corrected chi connectivity index (χ0v) is 12.6. The van der Waals surface area contributed by atoms with Gasteiger partial charge in [-0.15, -0.1) is 0 Å². The van der Waals surface area contributed by atoms with Crippen LogP contribution >= 0.6 is 0 Å². The zero-order valence-electron chi connectivity index (χ0n) is 12.6. The zero-order chi connectivity index (χ0) is 14.5. The first-order valence-corrected chi connectivity index (χ1v) is 7.62. The molecule has 0 saturated heterocycles. The van der Waals surface area contributed by atoms with Crippen LogP contribution in [0.2, 0.25) is 0 Å². The van der Waals surface area contributed by atoms with Gasteiger partial charge in [0.25, 0.3) is 5.91 Å². The Labute approximate surface area is 121 Å². The fourth-order valence-corrected chi connectivity index (χ4v) is 2.86. The highest BCUT2D eigenvalue weighted by atomic mass is 16.1. The molecule has 4 nitrogen and oxygen atoms in total. The molecule has 1 aliphatic rings. The lowest BCUT2D eigenvalue weighted by molar-refractivity contribution is 0.0886. The molecule has 1 aromatic rings. The van der Waals surface area contributed by atoms with Gasteiger partial charge >= 0.3 is 0 Å². The molecule has 1 fully saturated rings. The van der Waals surface area contributed by atoms with Crippen LogP contribution in [0.3, 0.4) is 0 Å². The summed E-state index contributed by atoms with van der Waals surface area (Å²) in [5, 5.41) is 6.32. The average Bonchev–Trinajstić information content (AvgIpc) is 2.45. The van der Waals surface area contributed by atoms with Gasteiger partial charge in [-0.2, -0.15) is 0 Å². The van der Waals surface area contributed by atoms with E-state index in [1.165, 1.54) is 12.8 Å². The third-order valence-electron chi connectivity index (χ3n) is 4.40. The third kappa shape index (κ3) is 3.50. The first kappa shape index (κ1) is 14.8. The van der Waals surface area contributed by atoms with Gasteiger partial charge in [0, 0.05) is 12.6 Å². The molecule has 20 heavy (non-hydrogen) atoms. The van der Waals surface area contributed by atoms with Crippen molar-refractivity contribution in [1.82, 2.24) is 10.3 Å². The highest BCUT2D eigenvalue weighted by molar-refractivity contribution is 5.92. The van der Waals surface area contributed by atoms with Gasteiger partial charge in [-0.3, -0.25) is 4.79 Å². The van der Waals surface area contributed by atoms with Crippen molar-refractivity contribution in [1.29, 1.82) is 0 Å². The maximum atomic E-state index is 12.2. The van der Waals surface area contributed by atoms with E-state index in [0.29, 0.717) is 17.5 Å². The van der Waals surface area contributed by atoms with Gasteiger partial charge in [0.1, 0.15) is 5.69 Å². The van der Waals surface area contributed by atoms with Crippen molar-refractivity contribution >= 4 is 11.6 Å². The van der Waals surface area contributed by atoms with Gasteiger partial charge in [0.05, 0.1) is 11.9 Å². The van der Waals surface area contributed by atoms with E-state index in [4.69, 9.17) is 0 Å². The first-order chi connectivity index (χ1) is 9.61.